The molecule has 1 aromatic rings. The summed E-state index contributed by atoms with van der Waals surface area (Å²) in [4.78, 5) is 29.6. The van der Waals surface area contributed by atoms with Gasteiger partial charge in [-0.3, -0.25) is 9.59 Å². The molecular formula is C14H16Cl2N2O3. The maximum absolute atomic E-state index is 12.6. The van der Waals surface area contributed by atoms with Gasteiger partial charge in [0.2, 0.25) is 0 Å². The third-order valence-electron chi connectivity index (χ3n) is 3.56. The van der Waals surface area contributed by atoms with Crippen LogP contribution in [-0.2, 0) is 9.53 Å². The molecule has 0 aromatic carbocycles. The van der Waals surface area contributed by atoms with Crippen LogP contribution < -0.4 is 0 Å². The highest BCUT2D eigenvalue weighted by atomic mass is 35.5. The fraction of sp³-hybridized carbons (Fsp3) is 0.500. The highest BCUT2D eigenvalue weighted by Crippen LogP contribution is 2.25. The molecule has 1 saturated heterocycles. The number of hydrogen-bond donors (Lipinski definition) is 0. The van der Waals surface area contributed by atoms with Gasteiger partial charge >= 0.3 is 5.97 Å². The summed E-state index contributed by atoms with van der Waals surface area (Å²) in [7, 11) is 1.35. The standard InChI is InChI=1S/C14H16Cl2N2O3/c1-21-12(19)7-10-4-2-3-5-18(10)14(20)9-6-11(15)13(16)17-8-9/h6,8,10H,2-5,7H2,1H3. The molecule has 114 valence electrons. The second-order valence-electron chi connectivity index (χ2n) is 4.93. The van der Waals surface area contributed by atoms with Crippen LogP contribution in [0.5, 0.6) is 0 Å². The summed E-state index contributed by atoms with van der Waals surface area (Å²) < 4.78 is 4.69. The van der Waals surface area contributed by atoms with Gasteiger partial charge in [-0.1, -0.05) is 23.2 Å². The van der Waals surface area contributed by atoms with E-state index in [1.54, 1.807) is 4.90 Å². The van der Waals surface area contributed by atoms with Crippen LogP contribution >= 0.6 is 23.2 Å². The van der Waals surface area contributed by atoms with E-state index >= 15 is 0 Å². The van der Waals surface area contributed by atoms with E-state index in [0.29, 0.717) is 12.1 Å². The van der Waals surface area contributed by atoms with Crippen molar-refractivity contribution in [3.8, 4) is 0 Å². The Kier molecular flexibility index (Phi) is 5.42. The topological polar surface area (TPSA) is 59.5 Å². The number of pyridine rings is 1. The molecule has 1 aliphatic rings. The third-order valence-corrected chi connectivity index (χ3v) is 4.25. The summed E-state index contributed by atoms with van der Waals surface area (Å²) in [6.45, 7) is 0.612. The summed E-state index contributed by atoms with van der Waals surface area (Å²) in [5.41, 5.74) is 0.376. The van der Waals surface area contributed by atoms with Crippen molar-refractivity contribution in [2.75, 3.05) is 13.7 Å². The number of piperidine rings is 1. The Morgan fingerprint density at radius 1 is 1.43 bits per heavy atom. The van der Waals surface area contributed by atoms with E-state index < -0.39 is 0 Å². The number of nitrogens with zero attached hydrogens (tertiary/aromatic N) is 2. The van der Waals surface area contributed by atoms with Crippen molar-refractivity contribution in [1.29, 1.82) is 0 Å². The molecule has 0 N–H and O–H groups in total. The van der Waals surface area contributed by atoms with Crippen LogP contribution in [0.15, 0.2) is 12.3 Å². The molecule has 21 heavy (non-hydrogen) atoms. The van der Waals surface area contributed by atoms with Crippen molar-refractivity contribution < 1.29 is 14.3 Å². The Labute approximate surface area is 133 Å². The average Bonchev–Trinajstić information content (AvgIpc) is 2.49. The van der Waals surface area contributed by atoms with Crippen molar-refractivity contribution in [3.63, 3.8) is 0 Å². The Hall–Kier alpha value is -1.33. The minimum Gasteiger partial charge on any atom is -0.469 e. The van der Waals surface area contributed by atoms with Crippen molar-refractivity contribution in [3.05, 3.63) is 28.0 Å². The molecule has 5 nitrogen and oxygen atoms in total. The molecule has 2 rings (SSSR count). The monoisotopic (exact) mass is 330 g/mol. The number of carbonyl (C=O) groups is 2. The molecule has 1 fully saturated rings. The van der Waals surface area contributed by atoms with Crippen LogP contribution in [-0.4, -0.2) is 41.5 Å². The zero-order valence-corrected chi connectivity index (χ0v) is 13.2. The van der Waals surface area contributed by atoms with Crippen molar-refractivity contribution in [2.45, 2.75) is 31.7 Å². The number of aromatic nitrogens is 1. The Balaban J connectivity index is 2.17. The fourth-order valence-corrected chi connectivity index (χ4v) is 2.73. The molecule has 0 spiro atoms. The van der Waals surface area contributed by atoms with Gasteiger partial charge in [0.1, 0.15) is 5.15 Å². The van der Waals surface area contributed by atoms with Crippen LogP contribution in [0.1, 0.15) is 36.0 Å². The fourth-order valence-electron chi connectivity index (χ4n) is 2.46. The van der Waals surface area contributed by atoms with Crippen LogP contribution in [0.3, 0.4) is 0 Å². The number of esters is 1. The Morgan fingerprint density at radius 2 is 2.19 bits per heavy atom. The second-order valence-corrected chi connectivity index (χ2v) is 5.69. The molecule has 0 radical (unpaired) electrons. The second kappa shape index (κ2) is 7.09. The number of halogens is 2. The van der Waals surface area contributed by atoms with Gasteiger partial charge in [0.15, 0.2) is 0 Å². The van der Waals surface area contributed by atoms with E-state index in [1.807, 2.05) is 0 Å². The lowest BCUT2D eigenvalue weighted by Gasteiger charge is -2.35. The van der Waals surface area contributed by atoms with Crippen molar-refractivity contribution in [1.82, 2.24) is 9.88 Å². The lowest BCUT2D eigenvalue weighted by Crippen LogP contribution is -2.44. The van der Waals surface area contributed by atoms with Gasteiger partial charge < -0.3 is 9.64 Å². The van der Waals surface area contributed by atoms with Gasteiger partial charge in [-0.15, -0.1) is 0 Å². The molecule has 1 atom stereocenters. The van der Waals surface area contributed by atoms with E-state index in [0.717, 1.165) is 19.3 Å². The Morgan fingerprint density at radius 3 is 2.86 bits per heavy atom. The van der Waals surface area contributed by atoms with E-state index in [9.17, 15) is 9.59 Å². The summed E-state index contributed by atoms with van der Waals surface area (Å²) >= 11 is 11.7. The van der Waals surface area contributed by atoms with Crippen molar-refractivity contribution in [2.24, 2.45) is 0 Å². The molecule has 0 saturated carbocycles. The van der Waals surface area contributed by atoms with Crippen LogP contribution in [0.2, 0.25) is 10.2 Å². The van der Waals surface area contributed by atoms with Crippen molar-refractivity contribution >= 4 is 35.1 Å². The first kappa shape index (κ1) is 16.0. The highest BCUT2D eigenvalue weighted by Gasteiger charge is 2.29. The smallest absolute Gasteiger partial charge is 0.307 e. The SMILES string of the molecule is COC(=O)CC1CCCCN1C(=O)c1cnc(Cl)c(Cl)c1. The lowest BCUT2D eigenvalue weighted by atomic mass is 9.98. The number of carbonyl (C=O) groups excluding carboxylic acids is 2. The molecule has 1 aromatic heterocycles. The molecule has 1 amide bonds. The molecule has 7 heteroatoms. The number of likely N-dealkylation sites (tertiary alicyclic amines) is 1. The van der Waals surface area contributed by atoms with Gasteiger partial charge in [0.25, 0.3) is 5.91 Å². The number of amides is 1. The molecular weight excluding hydrogens is 315 g/mol. The van der Waals surface area contributed by atoms with Gasteiger partial charge in [-0.05, 0) is 25.3 Å². The van der Waals surface area contributed by atoms with Gasteiger partial charge in [-0.2, -0.15) is 0 Å². The van der Waals surface area contributed by atoms with Gasteiger partial charge in [-0.25, -0.2) is 4.98 Å². The van der Waals surface area contributed by atoms with E-state index in [2.05, 4.69) is 4.98 Å². The van der Waals surface area contributed by atoms with Crippen LogP contribution in [0.25, 0.3) is 0 Å². The maximum Gasteiger partial charge on any atom is 0.307 e. The Bertz CT molecular complexity index is 551. The predicted molar refractivity (Wildman–Crippen MR) is 79.6 cm³/mol. The molecule has 2 heterocycles. The van der Waals surface area contributed by atoms with Crippen LogP contribution in [0.4, 0.5) is 0 Å². The largest absolute Gasteiger partial charge is 0.469 e. The lowest BCUT2D eigenvalue weighted by molar-refractivity contribution is -0.142. The number of methoxy groups -OCH3 is 1. The number of hydrogen-bond acceptors (Lipinski definition) is 4. The van der Waals surface area contributed by atoms with E-state index in [1.165, 1.54) is 19.4 Å². The number of ether oxygens (including phenoxy) is 1. The zero-order chi connectivity index (χ0) is 15.4. The predicted octanol–water partition coefficient (Wildman–Crippen LogP) is 2.95. The first-order valence-electron chi connectivity index (χ1n) is 6.71. The molecule has 1 unspecified atom stereocenters. The minimum atomic E-state index is -0.313. The zero-order valence-electron chi connectivity index (χ0n) is 11.6. The third kappa shape index (κ3) is 3.86. The summed E-state index contributed by atoms with van der Waals surface area (Å²) in [5.74, 6) is -0.498. The average molecular weight is 331 g/mol. The molecule has 0 aliphatic carbocycles. The first-order chi connectivity index (χ1) is 10.0. The summed E-state index contributed by atoms with van der Waals surface area (Å²) in [5, 5.41) is 0.405. The first-order valence-corrected chi connectivity index (χ1v) is 7.47. The van der Waals surface area contributed by atoms with Gasteiger partial charge in [0.05, 0.1) is 24.1 Å². The highest BCUT2D eigenvalue weighted by molar-refractivity contribution is 6.41. The summed E-state index contributed by atoms with van der Waals surface area (Å²) in [6, 6.07) is 1.36. The van der Waals surface area contributed by atoms with Crippen LogP contribution in [0, 0.1) is 0 Å². The molecule has 1 aliphatic heterocycles. The van der Waals surface area contributed by atoms with E-state index in [-0.39, 0.29) is 34.5 Å². The quantitative estimate of drug-likeness (QED) is 0.631. The number of rotatable bonds is 3. The van der Waals surface area contributed by atoms with E-state index in [4.69, 9.17) is 27.9 Å². The minimum absolute atomic E-state index is 0.145. The van der Waals surface area contributed by atoms with Gasteiger partial charge in [0, 0.05) is 18.8 Å². The molecule has 0 bridgehead atoms. The summed E-state index contributed by atoms with van der Waals surface area (Å²) in [6.07, 6.45) is 4.30. The maximum atomic E-state index is 12.6. The normalized spacial score (nSPS) is 18.4.